The maximum atomic E-state index is 12.3. The van der Waals surface area contributed by atoms with Crippen molar-refractivity contribution in [2.45, 2.75) is 56.8 Å². The maximum absolute atomic E-state index is 12.3. The number of aromatic nitrogens is 4. The lowest BCUT2D eigenvalue weighted by molar-refractivity contribution is -0.0511. The summed E-state index contributed by atoms with van der Waals surface area (Å²) >= 11 is 0. The molecule has 0 radical (unpaired) electrons. The fourth-order valence-electron chi connectivity index (χ4n) is 2.99. The van der Waals surface area contributed by atoms with Gasteiger partial charge in [0.2, 0.25) is 0 Å². The fourth-order valence-corrected chi connectivity index (χ4v) is 2.99. The van der Waals surface area contributed by atoms with Gasteiger partial charge in [-0.05, 0) is 6.42 Å². The summed E-state index contributed by atoms with van der Waals surface area (Å²) in [5.41, 5.74) is -0.246. The number of aliphatic hydroxyl groups excluding tert-OH is 4. The molecule has 1 saturated heterocycles. The second kappa shape index (κ2) is 6.81. The van der Waals surface area contributed by atoms with Crippen molar-refractivity contribution < 1.29 is 25.2 Å². The van der Waals surface area contributed by atoms with Crippen LogP contribution in [0.25, 0.3) is 11.2 Å². The minimum atomic E-state index is -1.31. The molecule has 2 aromatic rings. The predicted molar refractivity (Wildman–Crippen MR) is 85.9 cm³/mol. The summed E-state index contributed by atoms with van der Waals surface area (Å²) in [6.45, 7) is 3.10. The van der Waals surface area contributed by atoms with Crippen LogP contribution in [0.2, 0.25) is 0 Å². The van der Waals surface area contributed by atoms with Crippen LogP contribution in [-0.2, 0) is 4.74 Å². The highest BCUT2D eigenvalue weighted by Gasteiger charge is 2.44. The molecule has 3 heterocycles. The number of H-pyrrole nitrogens is 1. The Kier molecular flexibility index (Phi) is 4.89. The third-order valence-electron chi connectivity index (χ3n) is 4.67. The highest BCUT2D eigenvalue weighted by atomic mass is 16.6. The van der Waals surface area contributed by atoms with Crippen molar-refractivity contribution in [3.8, 4) is 0 Å². The van der Waals surface area contributed by atoms with E-state index in [0.29, 0.717) is 12.2 Å². The predicted octanol–water partition coefficient (Wildman–Crippen LogP) is -1.39. The van der Waals surface area contributed by atoms with Crippen LogP contribution in [0.15, 0.2) is 11.1 Å². The second-order valence-corrected chi connectivity index (χ2v) is 6.27. The van der Waals surface area contributed by atoms with Crippen LogP contribution in [0.3, 0.4) is 0 Å². The number of fused-ring (bicyclic) bond motifs is 1. The van der Waals surface area contributed by atoms with Crippen LogP contribution in [0.4, 0.5) is 0 Å². The lowest BCUT2D eigenvalue weighted by Gasteiger charge is -2.18. The van der Waals surface area contributed by atoms with Gasteiger partial charge in [-0.25, -0.2) is 9.97 Å². The van der Waals surface area contributed by atoms with E-state index in [0.717, 1.165) is 0 Å². The number of nitrogens with one attached hydrogen (secondary N) is 1. The third-order valence-corrected chi connectivity index (χ3v) is 4.67. The zero-order chi connectivity index (χ0) is 18.3. The first-order valence-corrected chi connectivity index (χ1v) is 8.16. The number of imidazole rings is 1. The Bertz CT molecular complexity index is 805. The lowest BCUT2D eigenvalue weighted by atomic mass is 10.0. The summed E-state index contributed by atoms with van der Waals surface area (Å²) < 4.78 is 6.82. The number of aromatic amines is 1. The molecule has 10 heteroatoms. The normalized spacial score (nSPS) is 29.2. The molecule has 6 atom stereocenters. The summed E-state index contributed by atoms with van der Waals surface area (Å²) in [6.07, 6.45) is -3.45. The fraction of sp³-hybridized carbons (Fsp3) is 0.667. The number of ether oxygens (including phenoxy) is 1. The second-order valence-electron chi connectivity index (χ2n) is 6.27. The van der Waals surface area contributed by atoms with Crippen molar-refractivity contribution in [1.82, 2.24) is 19.5 Å². The van der Waals surface area contributed by atoms with Gasteiger partial charge in [-0.3, -0.25) is 9.36 Å². The van der Waals surface area contributed by atoms with Crippen molar-refractivity contribution in [3.05, 3.63) is 22.5 Å². The molecule has 2 aromatic heterocycles. The summed E-state index contributed by atoms with van der Waals surface area (Å²) in [6, 6.07) is 0. The molecule has 138 valence electrons. The van der Waals surface area contributed by atoms with Gasteiger partial charge in [0.05, 0.1) is 19.0 Å². The number of rotatable bonds is 5. The molecular weight excluding hydrogens is 332 g/mol. The molecule has 5 N–H and O–H groups in total. The lowest BCUT2D eigenvalue weighted by Crippen LogP contribution is -2.33. The van der Waals surface area contributed by atoms with Gasteiger partial charge in [-0.15, -0.1) is 0 Å². The molecule has 10 nitrogen and oxygen atoms in total. The number of aliphatic hydroxyl groups is 4. The Morgan fingerprint density at radius 1 is 1.40 bits per heavy atom. The van der Waals surface area contributed by atoms with Crippen LogP contribution >= 0.6 is 0 Å². The van der Waals surface area contributed by atoms with E-state index in [1.54, 1.807) is 6.92 Å². The monoisotopic (exact) mass is 354 g/mol. The van der Waals surface area contributed by atoms with E-state index in [1.807, 2.05) is 6.92 Å². The smallest absolute Gasteiger partial charge is 0.279 e. The number of hydrogen-bond donors (Lipinski definition) is 5. The summed E-state index contributed by atoms with van der Waals surface area (Å²) in [7, 11) is 0. The van der Waals surface area contributed by atoms with Gasteiger partial charge in [0.1, 0.15) is 24.1 Å². The van der Waals surface area contributed by atoms with Gasteiger partial charge >= 0.3 is 0 Å². The summed E-state index contributed by atoms with van der Waals surface area (Å²) in [5, 5.41) is 39.3. The van der Waals surface area contributed by atoms with Gasteiger partial charge in [0, 0.05) is 5.92 Å². The minimum Gasteiger partial charge on any atom is -0.394 e. The minimum absolute atomic E-state index is 0.0553. The molecule has 0 aromatic carbocycles. The first-order chi connectivity index (χ1) is 11.9. The van der Waals surface area contributed by atoms with Gasteiger partial charge in [0.25, 0.3) is 5.56 Å². The molecule has 0 amide bonds. The maximum Gasteiger partial charge on any atom is 0.279 e. The SMILES string of the molecule is CCC(O)C(C)c1nc2c(ncn2C2OC(CO)C(O)C2O)c(=O)[nH]1. The topological polar surface area (TPSA) is 154 Å². The molecule has 1 aliphatic heterocycles. The number of nitrogens with zero attached hydrogens (tertiary/aromatic N) is 3. The first-order valence-electron chi connectivity index (χ1n) is 8.16. The van der Waals surface area contributed by atoms with E-state index < -0.39 is 48.7 Å². The van der Waals surface area contributed by atoms with E-state index >= 15 is 0 Å². The van der Waals surface area contributed by atoms with Crippen molar-refractivity contribution in [2.75, 3.05) is 6.61 Å². The van der Waals surface area contributed by atoms with Crippen molar-refractivity contribution in [3.63, 3.8) is 0 Å². The Labute approximate surface area is 142 Å². The molecule has 0 aliphatic carbocycles. The molecule has 3 rings (SSSR count). The van der Waals surface area contributed by atoms with E-state index in [-0.39, 0.29) is 11.2 Å². The summed E-state index contributed by atoms with van der Waals surface area (Å²) in [5.74, 6) is -0.115. The third kappa shape index (κ3) is 2.96. The average molecular weight is 354 g/mol. The van der Waals surface area contributed by atoms with Gasteiger partial charge < -0.3 is 30.1 Å². The van der Waals surface area contributed by atoms with Crippen LogP contribution in [0, 0.1) is 0 Å². The van der Waals surface area contributed by atoms with Gasteiger partial charge in [-0.1, -0.05) is 13.8 Å². The average Bonchev–Trinajstić information content (AvgIpc) is 3.15. The Balaban J connectivity index is 2.06. The zero-order valence-corrected chi connectivity index (χ0v) is 13.9. The standard InChI is InChI=1S/C15H22N4O6/c1-3-7(21)6(2)12-17-13-9(14(24)18-12)16-5-19(13)15-11(23)10(22)8(4-20)25-15/h5-8,10-11,15,20-23H,3-4H2,1-2H3,(H,17,18,24). The zero-order valence-electron chi connectivity index (χ0n) is 13.9. The van der Waals surface area contributed by atoms with Crippen LogP contribution < -0.4 is 5.56 Å². The van der Waals surface area contributed by atoms with Crippen molar-refractivity contribution in [1.29, 1.82) is 0 Å². The van der Waals surface area contributed by atoms with Crippen LogP contribution in [-0.4, -0.2) is 71.0 Å². The highest BCUT2D eigenvalue weighted by molar-refractivity contribution is 5.69. The largest absolute Gasteiger partial charge is 0.394 e. The van der Waals surface area contributed by atoms with Gasteiger partial charge in [0.15, 0.2) is 17.4 Å². The highest BCUT2D eigenvalue weighted by Crippen LogP contribution is 2.31. The molecule has 1 aliphatic rings. The first kappa shape index (κ1) is 18.0. The van der Waals surface area contributed by atoms with E-state index in [2.05, 4.69) is 15.0 Å². The van der Waals surface area contributed by atoms with E-state index in [1.165, 1.54) is 10.9 Å². The van der Waals surface area contributed by atoms with E-state index in [4.69, 9.17) is 4.74 Å². The van der Waals surface area contributed by atoms with Crippen molar-refractivity contribution in [2.24, 2.45) is 0 Å². The Morgan fingerprint density at radius 2 is 2.12 bits per heavy atom. The van der Waals surface area contributed by atoms with Gasteiger partial charge in [-0.2, -0.15) is 0 Å². The molecule has 25 heavy (non-hydrogen) atoms. The molecule has 0 bridgehead atoms. The Morgan fingerprint density at radius 3 is 2.72 bits per heavy atom. The molecule has 0 saturated carbocycles. The van der Waals surface area contributed by atoms with Crippen LogP contribution in [0.5, 0.6) is 0 Å². The molecule has 0 spiro atoms. The quantitative estimate of drug-likeness (QED) is 0.439. The van der Waals surface area contributed by atoms with E-state index in [9.17, 15) is 25.2 Å². The van der Waals surface area contributed by atoms with Crippen LogP contribution in [0.1, 0.15) is 38.2 Å². The molecular formula is C15H22N4O6. The molecule has 1 fully saturated rings. The Hall–Kier alpha value is -1.85. The number of hydrogen-bond acceptors (Lipinski definition) is 8. The molecule has 6 unspecified atom stereocenters. The summed E-state index contributed by atoms with van der Waals surface area (Å²) in [4.78, 5) is 23.2. The van der Waals surface area contributed by atoms with Crippen molar-refractivity contribution >= 4 is 11.2 Å².